The van der Waals surface area contributed by atoms with Gasteiger partial charge in [0, 0.05) is 6.04 Å². The Morgan fingerprint density at radius 3 is 2.44 bits per heavy atom. The van der Waals surface area contributed by atoms with Gasteiger partial charge >= 0.3 is 5.97 Å². The van der Waals surface area contributed by atoms with Gasteiger partial charge in [-0.05, 0) is 32.0 Å². The second kappa shape index (κ2) is 5.48. The van der Waals surface area contributed by atoms with Gasteiger partial charge in [0.25, 0.3) is 0 Å². The highest BCUT2D eigenvalue weighted by Gasteiger charge is 2.18. The van der Waals surface area contributed by atoms with E-state index in [0.29, 0.717) is 0 Å². The summed E-state index contributed by atoms with van der Waals surface area (Å²) in [5.74, 6) is -2.47. The number of carbonyl (C=O) groups is 2. The van der Waals surface area contributed by atoms with Crippen molar-refractivity contribution in [3.05, 3.63) is 29.6 Å². The Hall–Kier alpha value is -2.11. The lowest BCUT2D eigenvalue weighted by Crippen LogP contribution is -2.39. The third-order valence-electron chi connectivity index (χ3n) is 2.45. The van der Waals surface area contributed by atoms with Crippen LogP contribution in [0.2, 0.25) is 0 Å². The zero-order chi connectivity index (χ0) is 13.9. The molecule has 0 aromatic heterocycles. The molecule has 0 unspecified atom stereocenters. The molecule has 1 aromatic rings. The van der Waals surface area contributed by atoms with E-state index in [1.807, 2.05) is 0 Å². The largest absolute Gasteiger partial charge is 0.478 e. The van der Waals surface area contributed by atoms with E-state index in [9.17, 15) is 14.0 Å². The molecule has 3 N–H and O–H groups in total. The molecule has 1 amide bonds. The van der Waals surface area contributed by atoms with Crippen molar-refractivity contribution in [3.8, 4) is 0 Å². The molecule has 5 nitrogen and oxygen atoms in total. The molecular weight excluding hydrogens is 239 g/mol. The number of hydrogen-bond acceptors (Lipinski definition) is 3. The van der Waals surface area contributed by atoms with Crippen LogP contribution in [0, 0.1) is 5.82 Å². The monoisotopic (exact) mass is 254 g/mol. The van der Waals surface area contributed by atoms with E-state index in [1.165, 1.54) is 17.0 Å². The van der Waals surface area contributed by atoms with Gasteiger partial charge in [-0.25, -0.2) is 9.18 Å². The molecule has 0 heterocycles. The summed E-state index contributed by atoms with van der Waals surface area (Å²) in [6, 6.07) is 3.41. The minimum absolute atomic E-state index is 0.124. The predicted octanol–water partition coefficient (Wildman–Crippen LogP) is 1.22. The zero-order valence-electron chi connectivity index (χ0n) is 10.2. The lowest BCUT2D eigenvalue weighted by molar-refractivity contribution is -0.116. The Labute approximate surface area is 104 Å². The summed E-state index contributed by atoms with van der Waals surface area (Å²) in [6.45, 7) is 3.45. The molecule has 0 radical (unpaired) electrons. The first-order valence-electron chi connectivity index (χ1n) is 5.40. The van der Waals surface area contributed by atoms with Gasteiger partial charge in [-0.2, -0.15) is 0 Å². The zero-order valence-corrected chi connectivity index (χ0v) is 10.2. The quantitative estimate of drug-likeness (QED) is 0.827. The number of hydrogen-bond donors (Lipinski definition) is 2. The van der Waals surface area contributed by atoms with Gasteiger partial charge in [0.15, 0.2) is 0 Å². The van der Waals surface area contributed by atoms with Crippen molar-refractivity contribution in [2.24, 2.45) is 5.73 Å². The lowest BCUT2D eigenvalue weighted by atomic mass is 10.1. The maximum Gasteiger partial charge on any atom is 0.335 e. The van der Waals surface area contributed by atoms with Gasteiger partial charge in [0.05, 0.1) is 17.8 Å². The smallest absolute Gasteiger partial charge is 0.335 e. The SMILES string of the molecule is CC(C)N(CC(N)=O)c1ccc(C(=O)O)cc1F. The number of halogens is 1. The minimum Gasteiger partial charge on any atom is -0.478 e. The summed E-state index contributed by atoms with van der Waals surface area (Å²) < 4.78 is 13.8. The van der Waals surface area contributed by atoms with Gasteiger partial charge in [0.1, 0.15) is 5.82 Å². The van der Waals surface area contributed by atoms with Gasteiger partial charge in [-0.1, -0.05) is 0 Å². The van der Waals surface area contributed by atoms with E-state index in [4.69, 9.17) is 10.8 Å². The molecule has 0 atom stereocenters. The molecule has 0 bridgehead atoms. The number of nitrogens with zero attached hydrogens (tertiary/aromatic N) is 1. The molecular formula is C12H15FN2O3. The Balaban J connectivity index is 3.13. The molecule has 0 aliphatic rings. The van der Waals surface area contributed by atoms with E-state index < -0.39 is 17.7 Å². The van der Waals surface area contributed by atoms with Gasteiger partial charge in [-0.3, -0.25) is 4.79 Å². The molecule has 6 heteroatoms. The van der Waals surface area contributed by atoms with Crippen LogP contribution in [0.5, 0.6) is 0 Å². The number of carbonyl (C=O) groups excluding carboxylic acids is 1. The minimum atomic E-state index is -1.20. The summed E-state index contributed by atoms with van der Waals surface area (Å²) in [5, 5.41) is 8.74. The van der Waals surface area contributed by atoms with E-state index in [-0.39, 0.29) is 23.8 Å². The van der Waals surface area contributed by atoms with Gasteiger partial charge in [0.2, 0.25) is 5.91 Å². The first-order valence-corrected chi connectivity index (χ1v) is 5.40. The number of aromatic carboxylic acids is 1. The van der Waals surface area contributed by atoms with Crippen LogP contribution >= 0.6 is 0 Å². The van der Waals surface area contributed by atoms with Crippen molar-refractivity contribution in [3.63, 3.8) is 0 Å². The Bertz CT molecular complexity index is 474. The number of amides is 1. The first-order chi connectivity index (χ1) is 8.32. The molecule has 1 aromatic carbocycles. The Kier molecular flexibility index (Phi) is 4.25. The first kappa shape index (κ1) is 14.0. The number of benzene rings is 1. The maximum absolute atomic E-state index is 13.8. The number of carboxylic acids is 1. The normalized spacial score (nSPS) is 10.4. The van der Waals surface area contributed by atoms with Crippen molar-refractivity contribution in [1.82, 2.24) is 0 Å². The molecule has 0 saturated carbocycles. The average Bonchev–Trinajstić information content (AvgIpc) is 2.25. The molecule has 0 spiro atoms. The highest BCUT2D eigenvalue weighted by atomic mass is 19.1. The fourth-order valence-electron chi connectivity index (χ4n) is 1.59. The fourth-order valence-corrected chi connectivity index (χ4v) is 1.59. The summed E-state index contributed by atoms with van der Waals surface area (Å²) in [4.78, 5) is 23.1. The Morgan fingerprint density at radius 2 is 2.06 bits per heavy atom. The maximum atomic E-state index is 13.8. The van der Waals surface area contributed by atoms with E-state index in [2.05, 4.69) is 0 Å². The summed E-state index contributed by atoms with van der Waals surface area (Å²) in [6.07, 6.45) is 0. The van der Waals surface area contributed by atoms with Crippen LogP contribution in [0.4, 0.5) is 10.1 Å². The molecule has 1 rings (SSSR count). The molecule has 0 fully saturated rings. The number of carboxylic acid groups (broad SMARTS) is 1. The van der Waals surface area contributed by atoms with Crippen molar-refractivity contribution < 1.29 is 19.1 Å². The molecule has 98 valence electrons. The number of rotatable bonds is 5. The van der Waals surface area contributed by atoms with Crippen molar-refractivity contribution in [2.45, 2.75) is 19.9 Å². The fraction of sp³-hybridized carbons (Fsp3) is 0.333. The van der Waals surface area contributed by atoms with Crippen LogP contribution in [0.15, 0.2) is 18.2 Å². The molecule has 0 saturated heterocycles. The van der Waals surface area contributed by atoms with E-state index >= 15 is 0 Å². The Morgan fingerprint density at radius 1 is 1.44 bits per heavy atom. The van der Waals surface area contributed by atoms with Crippen LogP contribution in [0.25, 0.3) is 0 Å². The predicted molar refractivity (Wildman–Crippen MR) is 65.0 cm³/mol. The van der Waals surface area contributed by atoms with Crippen LogP contribution in [-0.2, 0) is 4.79 Å². The van der Waals surface area contributed by atoms with Gasteiger partial charge in [-0.15, -0.1) is 0 Å². The van der Waals surface area contributed by atoms with Crippen LogP contribution in [0.1, 0.15) is 24.2 Å². The van der Waals surface area contributed by atoms with Gasteiger partial charge < -0.3 is 15.7 Å². The van der Waals surface area contributed by atoms with Crippen molar-refractivity contribution in [2.75, 3.05) is 11.4 Å². The van der Waals surface area contributed by atoms with Crippen molar-refractivity contribution >= 4 is 17.6 Å². The van der Waals surface area contributed by atoms with E-state index in [0.717, 1.165) is 6.07 Å². The molecule has 0 aliphatic carbocycles. The van der Waals surface area contributed by atoms with E-state index in [1.54, 1.807) is 13.8 Å². The summed E-state index contributed by atoms with van der Waals surface area (Å²) in [5.41, 5.74) is 5.12. The standard InChI is InChI=1S/C12H15FN2O3/c1-7(2)15(6-11(14)16)10-4-3-8(12(17)18)5-9(10)13/h3-5,7H,6H2,1-2H3,(H2,14,16)(H,17,18). The molecule has 0 aliphatic heterocycles. The third kappa shape index (κ3) is 3.19. The van der Waals surface area contributed by atoms with Crippen LogP contribution in [0.3, 0.4) is 0 Å². The lowest BCUT2D eigenvalue weighted by Gasteiger charge is -2.28. The second-order valence-corrected chi connectivity index (χ2v) is 4.16. The summed E-state index contributed by atoms with van der Waals surface area (Å²) in [7, 11) is 0. The van der Waals surface area contributed by atoms with Crippen molar-refractivity contribution in [1.29, 1.82) is 0 Å². The third-order valence-corrected chi connectivity index (χ3v) is 2.45. The van der Waals surface area contributed by atoms with Crippen LogP contribution in [-0.4, -0.2) is 29.6 Å². The number of anilines is 1. The number of nitrogens with two attached hydrogens (primary N) is 1. The highest BCUT2D eigenvalue weighted by Crippen LogP contribution is 2.22. The highest BCUT2D eigenvalue weighted by molar-refractivity contribution is 5.88. The number of primary amides is 1. The topological polar surface area (TPSA) is 83.6 Å². The van der Waals surface area contributed by atoms with Crippen LogP contribution < -0.4 is 10.6 Å². The summed E-state index contributed by atoms with van der Waals surface area (Å²) >= 11 is 0. The molecule has 18 heavy (non-hydrogen) atoms. The second-order valence-electron chi connectivity index (χ2n) is 4.16. The average molecular weight is 254 g/mol.